The zero-order valence-electron chi connectivity index (χ0n) is 9.12. The van der Waals surface area contributed by atoms with E-state index in [9.17, 15) is 4.79 Å². The van der Waals surface area contributed by atoms with Gasteiger partial charge in [0.25, 0.3) is 0 Å². The topological polar surface area (TPSA) is 26.3 Å². The van der Waals surface area contributed by atoms with Crippen LogP contribution < -0.4 is 4.74 Å². The van der Waals surface area contributed by atoms with Crippen molar-refractivity contribution in [1.29, 1.82) is 0 Å². The fraction of sp³-hybridized carbons (Fsp3) is 0.462. The Kier molecular flexibility index (Phi) is 3.83. The van der Waals surface area contributed by atoms with Crippen molar-refractivity contribution in [3.05, 3.63) is 29.3 Å². The van der Waals surface area contributed by atoms with Crippen molar-refractivity contribution in [2.24, 2.45) is 5.92 Å². The van der Waals surface area contributed by atoms with Crippen LogP contribution >= 0.6 is 11.6 Å². The first-order valence-electron chi connectivity index (χ1n) is 5.67. The summed E-state index contributed by atoms with van der Waals surface area (Å²) in [5.74, 6) is 1.40. The summed E-state index contributed by atoms with van der Waals surface area (Å²) in [6.45, 7) is 0.594. The van der Waals surface area contributed by atoms with E-state index in [-0.39, 0.29) is 5.92 Å². The molecule has 1 aliphatic carbocycles. The van der Waals surface area contributed by atoms with Crippen LogP contribution in [-0.2, 0) is 4.79 Å². The molecule has 0 radical (unpaired) electrons. The van der Waals surface area contributed by atoms with Crippen LogP contribution in [0.15, 0.2) is 24.3 Å². The second kappa shape index (κ2) is 5.35. The van der Waals surface area contributed by atoms with Gasteiger partial charge in [0.2, 0.25) is 0 Å². The number of ketones is 1. The van der Waals surface area contributed by atoms with Crippen LogP contribution in [0.4, 0.5) is 0 Å². The van der Waals surface area contributed by atoms with Crippen molar-refractivity contribution in [2.45, 2.75) is 25.7 Å². The fourth-order valence-electron chi connectivity index (χ4n) is 2.07. The number of hydrogen-bond donors (Lipinski definition) is 0. The monoisotopic (exact) mass is 238 g/mol. The van der Waals surface area contributed by atoms with Crippen molar-refractivity contribution < 1.29 is 9.53 Å². The summed E-state index contributed by atoms with van der Waals surface area (Å²) < 4.78 is 5.56. The van der Waals surface area contributed by atoms with E-state index in [2.05, 4.69) is 0 Å². The zero-order valence-corrected chi connectivity index (χ0v) is 9.87. The highest BCUT2D eigenvalue weighted by Crippen LogP contribution is 2.25. The molecule has 1 aromatic carbocycles. The summed E-state index contributed by atoms with van der Waals surface area (Å²) in [6, 6.07) is 7.34. The Labute approximate surface area is 101 Å². The highest BCUT2D eigenvalue weighted by atomic mass is 35.5. The molecule has 86 valence electrons. The van der Waals surface area contributed by atoms with E-state index < -0.39 is 0 Å². The second-order valence-electron chi connectivity index (χ2n) is 4.15. The minimum absolute atomic E-state index is 0.221. The third-order valence-electron chi connectivity index (χ3n) is 2.96. The fourth-order valence-corrected chi connectivity index (χ4v) is 2.25. The van der Waals surface area contributed by atoms with Gasteiger partial charge >= 0.3 is 0 Å². The van der Waals surface area contributed by atoms with Gasteiger partial charge in [-0.15, -0.1) is 0 Å². The summed E-state index contributed by atoms with van der Waals surface area (Å²) in [5.41, 5.74) is 0. The van der Waals surface area contributed by atoms with Gasteiger partial charge in [-0.1, -0.05) is 17.7 Å². The molecule has 0 saturated heterocycles. The SMILES string of the molecule is O=C1CCCC1CCOc1cccc(Cl)c1. The van der Waals surface area contributed by atoms with E-state index in [1.165, 1.54) is 0 Å². The molecular weight excluding hydrogens is 224 g/mol. The molecule has 2 rings (SSSR count). The molecule has 1 atom stereocenters. The summed E-state index contributed by atoms with van der Waals surface area (Å²) in [6.07, 6.45) is 3.64. The lowest BCUT2D eigenvalue weighted by Gasteiger charge is -2.09. The molecule has 0 N–H and O–H groups in total. The average molecular weight is 239 g/mol. The summed E-state index contributed by atoms with van der Waals surface area (Å²) in [4.78, 5) is 11.4. The van der Waals surface area contributed by atoms with Crippen molar-refractivity contribution in [3.63, 3.8) is 0 Å². The van der Waals surface area contributed by atoms with Gasteiger partial charge < -0.3 is 4.74 Å². The van der Waals surface area contributed by atoms with Gasteiger partial charge in [0.15, 0.2) is 0 Å². The van der Waals surface area contributed by atoms with Gasteiger partial charge in [-0.2, -0.15) is 0 Å². The van der Waals surface area contributed by atoms with Crippen LogP contribution in [0.5, 0.6) is 5.75 Å². The lowest BCUT2D eigenvalue weighted by Crippen LogP contribution is -2.11. The number of Topliss-reactive ketones (excluding diaryl/α,β-unsaturated/α-hetero) is 1. The van der Waals surface area contributed by atoms with E-state index >= 15 is 0 Å². The third kappa shape index (κ3) is 2.99. The predicted molar refractivity (Wildman–Crippen MR) is 63.9 cm³/mol. The van der Waals surface area contributed by atoms with Gasteiger partial charge in [-0.3, -0.25) is 4.79 Å². The van der Waals surface area contributed by atoms with E-state index in [1.54, 1.807) is 6.07 Å². The van der Waals surface area contributed by atoms with Gasteiger partial charge in [0.1, 0.15) is 11.5 Å². The summed E-state index contributed by atoms with van der Waals surface area (Å²) in [7, 11) is 0. The first kappa shape index (κ1) is 11.5. The summed E-state index contributed by atoms with van der Waals surface area (Å²) >= 11 is 5.84. The van der Waals surface area contributed by atoms with Crippen molar-refractivity contribution >= 4 is 17.4 Å². The molecule has 0 amide bonds. The van der Waals surface area contributed by atoms with Crippen LogP contribution in [0.25, 0.3) is 0 Å². The molecule has 0 bridgehead atoms. The quantitative estimate of drug-likeness (QED) is 0.803. The lowest BCUT2D eigenvalue weighted by molar-refractivity contribution is -0.121. The molecular formula is C13H15ClO2. The number of benzene rings is 1. The Morgan fingerprint density at radius 2 is 2.31 bits per heavy atom. The van der Waals surface area contributed by atoms with Crippen molar-refractivity contribution in [1.82, 2.24) is 0 Å². The maximum absolute atomic E-state index is 11.4. The zero-order chi connectivity index (χ0) is 11.4. The van der Waals surface area contributed by atoms with Gasteiger partial charge in [-0.05, 0) is 37.5 Å². The highest BCUT2D eigenvalue weighted by Gasteiger charge is 2.23. The van der Waals surface area contributed by atoms with E-state index in [1.807, 2.05) is 18.2 Å². The minimum Gasteiger partial charge on any atom is -0.494 e. The Bertz CT molecular complexity index is 376. The van der Waals surface area contributed by atoms with Crippen molar-refractivity contribution in [3.8, 4) is 5.75 Å². The third-order valence-corrected chi connectivity index (χ3v) is 3.20. The number of rotatable bonds is 4. The van der Waals surface area contributed by atoms with Crippen LogP contribution in [-0.4, -0.2) is 12.4 Å². The number of carbonyl (C=O) groups excluding carboxylic acids is 1. The van der Waals surface area contributed by atoms with E-state index in [0.29, 0.717) is 17.4 Å². The van der Waals surface area contributed by atoms with Crippen molar-refractivity contribution in [2.75, 3.05) is 6.61 Å². The predicted octanol–water partition coefficient (Wildman–Crippen LogP) is 3.48. The molecule has 1 aliphatic rings. The number of ether oxygens (including phenoxy) is 1. The smallest absolute Gasteiger partial charge is 0.136 e. The first-order chi connectivity index (χ1) is 7.75. The van der Waals surface area contributed by atoms with Crippen LogP contribution in [0.2, 0.25) is 5.02 Å². The summed E-state index contributed by atoms with van der Waals surface area (Å²) in [5, 5.41) is 0.675. The first-order valence-corrected chi connectivity index (χ1v) is 6.04. The van der Waals surface area contributed by atoms with Crippen LogP contribution in [0, 0.1) is 5.92 Å². The molecule has 16 heavy (non-hydrogen) atoms. The molecule has 1 unspecified atom stereocenters. The second-order valence-corrected chi connectivity index (χ2v) is 4.59. The number of carbonyl (C=O) groups is 1. The Morgan fingerprint density at radius 1 is 1.44 bits per heavy atom. The maximum atomic E-state index is 11.4. The van der Waals surface area contributed by atoms with Gasteiger partial charge in [0.05, 0.1) is 6.61 Å². The van der Waals surface area contributed by atoms with E-state index in [4.69, 9.17) is 16.3 Å². The molecule has 2 nitrogen and oxygen atoms in total. The molecule has 1 aromatic rings. The Hall–Kier alpha value is -1.02. The number of halogens is 1. The van der Waals surface area contributed by atoms with Gasteiger partial charge in [0, 0.05) is 17.4 Å². The molecule has 1 saturated carbocycles. The largest absolute Gasteiger partial charge is 0.494 e. The Morgan fingerprint density at radius 3 is 3.00 bits per heavy atom. The Balaban J connectivity index is 1.77. The molecule has 0 aromatic heterocycles. The normalized spacial score (nSPS) is 20.1. The minimum atomic E-state index is 0.221. The molecule has 0 aliphatic heterocycles. The lowest BCUT2D eigenvalue weighted by atomic mass is 10.0. The highest BCUT2D eigenvalue weighted by molar-refractivity contribution is 6.30. The molecule has 0 spiro atoms. The van der Waals surface area contributed by atoms with Crippen LogP contribution in [0.3, 0.4) is 0 Å². The molecule has 3 heteroatoms. The van der Waals surface area contributed by atoms with E-state index in [0.717, 1.165) is 31.4 Å². The maximum Gasteiger partial charge on any atom is 0.136 e. The number of hydrogen-bond acceptors (Lipinski definition) is 2. The molecule has 0 heterocycles. The van der Waals surface area contributed by atoms with Gasteiger partial charge in [-0.25, -0.2) is 0 Å². The molecule has 1 fully saturated rings. The average Bonchev–Trinajstić information content (AvgIpc) is 2.65. The van der Waals surface area contributed by atoms with Crippen LogP contribution in [0.1, 0.15) is 25.7 Å². The standard InChI is InChI=1S/C13H15ClO2/c14-11-4-2-5-12(9-11)16-8-7-10-3-1-6-13(10)15/h2,4-5,9-10H,1,3,6-8H2.